The highest BCUT2D eigenvalue weighted by atomic mass is 127. The number of benzene rings is 1. The number of hydrogen-bond donors (Lipinski definition) is 2. The molecule has 0 saturated carbocycles. The molecule has 1 aliphatic rings. The van der Waals surface area contributed by atoms with Gasteiger partial charge in [0.05, 0.1) is 19.3 Å². The molecule has 1 aromatic rings. The SMILES string of the molecule is CCNC(=NCc1ccccc1OCCN(CC)CC)NCCCOCC1CCCO1.I. The van der Waals surface area contributed by atoms with Gasteiger partial charge in [-0.3, -0.25) is 0 Å². The standard InChI is InChI=1S/C24H42N4O3.HI/c1-4-25-24(26-14-10-16-29-20-22-12-9-17-30-22)27-19-21-11-7-8-13-23(21)31-18-15-28(5-2)6-3;/h7-8,11,13,22H,4-6,9-10,12,14-20H2,1-3H3,(H2,25,26,27);1H. The van der Waals surface area contributed by atoms with E-state index in [1.54, 1.807) is 0 Å². The van der Waals surface area contributed by atoms with Crippen LogP contribution in [0, 0.1) is 0 Å². The first-order valence-corrected chi connectivity index (χ1v) is 11.9. The Bertz CT molecular complexity index is 623. The maximum atomic E-state index is 6.05. The molecule has 1 atom stereocenters. The Balaban J connectivity index is 0.00000512. The third kappa shape index (κ3) is 11.7. The van der Waals surface area contributed by atoms with E-state index in [-0.39, 0.29) is 24.0 Å². The van der Waals surface area contributed by atoms with Crippen LogP contribution in [0.5, 0.6) is 5.75 Å². The molecule has 1 aliphatic heterocycles. The fourth-order valence-electron chi connectivity index (χ4n) is 3.48. The van der Waals surface area contributed by atoms with E-state index in [4.69, 9.17) is 19.2 Å². The molecule has 0 bridgehead atoms. The van der Waals surface area contributed by atoms with Crippen molar-refractivity contribution in [3.8, 4) is 5.75 Å². The predicted molar refractivity (Wildman–Crippen MR) is 142 cm³/mol. The van der Waals surface area contributed by atoms with Gasteiger partial charge in [0.15, 0.2) is 5.96 Å². The number of aliphatic imine (C=N–C) groups is 1. The quantitative estimate of drug-likeness (QED) is 0.147. The molecule has 184 valence electrons. The number of ether oxygens (including phenoxy) is 3. The average molecular weight is 563 g/mol. The predicted octanol–water partition coefficient (Wildman–Crippen LogP) is 3.67. The zero-order valence-electron chi connectivity index (χ0n) is 20.1. The highest BCUT2D eigenvalue weighted by Gasteiger charge is 2.14. The maximum absolute atomic E-state index is 6.05. The van der Waals surface area contributed by atoms with Crippen LogP contribution in [0.15, 0.2) is 29.3 Å². The molecule has 2 N–H and O–H groups in total. The molecule has 0 amide bonds. The zero-order valence-corrected chi connectivity index (χ0v) is 22.4. The van der Waals surface area contributed by atoms with Crippen molar-refractivity contribution in [1.82, 2.24) is 15.5 Å². The van der Waals surface area contributed by atoms with Gasteiger partial charge < -0.3 is 29.7 Å². The van der Waals surface area contributed by atoms with Crippen molar-refractivity contribution in [3.05, 3.63) is 29.8 Å². The van der Waals surface area contributed by atoms with E-state index in [0.717, 1.165) is 82.5 Å². The van der Waals surface area contributed by atoms with Crippen LogP contribution in [0.3, 0.4) is 0 Å². The lowest BCUT2D eigenvalue weighted by atomic mass is 10.2. The minimum absolute atomic E-state index is 0. The van der Waals surface area contributed by atoms with Crippen LogP contribution in [0.4, 0.5) is 0 Å². The fraction of sp³-hybridized carbons (Fsp3) is 0.708. The molecule has 0 spiro atoms. The van der Waals surface area contributed by atoms with Crippen LogP contribution in [-0.4, -0.2) is 76.1 Å². The minimum Gasteiger partial charge on any atom is -0.492 e. The van der Waals surface area contributed by atoms with E-state index in [1.807, 2.05) is 18.2 Å². The number of halogens is 1. The monoisotopic (exact) mass is 562 g/mol. The smallest absolute Gasteiger partial charge is 0.191 e. The molecule has 1 aromatic carbocycles. The van der Waals surface area contributed by atoms with Gasteiger partial charge in [0.25, 0.3) is 0 Å². The van der Waals surface area contributed by atoms with Gasteiger partial charge in [-0.2, -0.15) is 0 Å². The molecule has 1 unspecified atom stereocenters. The summed E-state index contributed by atoms with van der Waals surface area (Å²) in [7, 11) is 0. The van der Waals surface area contributed by atoms with Gasteiger partial charge in [-0.05, 0) is 45.3 Å². The zero-order chi connectivity index (χ0) is 22.2. The van der Waals surface area contributed by atoms with Gasteiger partial charge in [-0.25, -0.2) is 4.99 Å². The molecule has 1 fully saturated rings. The highest BCUT2D eigenvalue weighted by Crippen LogP contribution is 2.19. The van der Waals surface area contributed by atoms with Gasteiger partial charge in [0, 0.05) is 38.4 Å². The fourth-order valence-corrected chi connectivity index (χ4v) is 3.48. The molecule has 2 rings (SSSR count). The van der Waals surface area contributed by atoms with Gasteiger partial charge in [-0.15, -0.1) is 24.0 Å². The normalized spacial score (nSPS) is 16.1. The molecule has 0 aromatic heterocycles. The van der Waals surface area contributed by atoms with E-state index >= 15 is 0 Å². The summed E-state index contributed by atoms with van der Waals surface area (Å²) in [6.45, 7) is 14.7. The summed E-state index contributed by atoms with van der Waals surface area (Å²) in [5.41, 5.74) is 1.10. The summed E-state index contributed by atoms with van der Waals surface area (Å²) < 4.78 is 17.4. The molecule has 1 heterocycles. The molecular formula is C24H43IN4O3. The summed E-state index contributed by atoms with van der Waals surface area (Å²) in [6, 6.07) is 8.16. The van der Waals surface area contributed by atoms with E-state index in [2.05, 4.69) is 42.4 Å². The van der Waals surface area contributed by atoms with Crippen LogP contribution >= 0.6 is 24.0 Å². The van der Waals surface area contributed by atoms with E-state index in [1.165, 1.54) is 0 Å². The van der Waals surface area contributed by atoms with Crippen molar-refractivity contribution in [3.63, 3.8) is 0 Å². The van der Waals surface area contributed by atoms with Crippen molar-refractivity contribution >= 4 is 29.9 Å². The third-order valence-corrected chi connectivity index (χ3v) is 5.37. The van der Waals surface area contributed by atoms with Crippen LogP contribution in [0.2, 0.25) is 0 Å². The number of nitrogens with one attached hydrogen (secondary N) is 2. The van der Waals surface area contributed by atoms with Crippen molar-refractivity contribution in [2.75, 3.05) is 59.2 Å². The first kappa shape index (κ1) is 28.9. The summed E-state index contributed by atoms with van der Waals surface area (Å²) >= 11 is 0. The number of nitrogens with zero attached hydrogens (tertiary/aromatic N) is 2. The number of guanidine groups is 1. The second-order valence-electron chi connectivity index (χ2n) is 7.67. The first-order chi connectivity index (χ1) is 15.3. The van der Waals surface area contributed by atoms with Crippen molar-refractivity contribution in [2.45, 2.75) is 52.7 Å². The van der Waals surface area contributed by atoms with Gasteiger partial charge in [0.1, 0.15) is 12.4 Å². The van der Waals surface area contributed by atoms with Gasteiger partial charge in [-0.1, -0.05) is 32.0 Å². The molecule has 8 heteroatoms. The molecule has 0 aliphatic carbocycles. The summed E-state index contributed by atoms with van der Waals surface area (Å²) in [5.74, 6) is 1.73. The first-order valence-electron chi connectivity index (χ1n) is 11.9. The Labute approximate surface area is 211 Å². The van der Waals surface area contributed by atoms with Crippen LogP contribution < -0.4 is 15.4 Å². The van der Waals surface area contributed by atoms with Crippen LogP contribution in [0.1, 0.15) is 45.6 Å². The van der Waals surface area contributed by atoms with E-state index < -0.39 is 0 Å². The number of hydrogen-bond acceptors (Lipinski definition) is 5. The topological polar surface area (TPSA) is 67.4 Å². The maximum Gasteiger partial charge on any atom is 0.191 e. The largest absolute Gasteiger partial charge is 0.492 e. The summed E-state index contributed by atoms with van der Waals surface area (Å²) in [6.07, 6.45) is 3.50. The third-order valence-electron chi connectivity index (χ3n) is 5.37. The lowest BCUT2D eigenvalue weighted by Crippen LogP contribution is -2.38. The molecule has 1 saturated heterocycles. The lowest BCUT2D eigenvalue weighted by Gasteiger charge is -2.19. The molecule has 32 heavy (non-hydrogen) atoms. The second kappa shape index (κ2) is 18.3. The van der Waals surface area contributed by atoms with Gasteiger partial charge >= 0.3 is 0 Å². The number of likely N-dealkylation sites (N-methyl/N-ethyl adjacent to an activating group) is 1. The van der Waals surface area contributed by atoms with Crippen LogP contribution in [-0.2, 0) is 16.0 Å². The Morgan fingerprint density at radius 2 is 1.97 bits per heavy atom. The molecule has 0 radical (unpaired) electrons. The van der Waals surface area contributed by atoms with Crippen LogP contribution in [0.25, 0.3) is 0 Å². The Hall–Kier alpha value is -1.10. The molecule has 7 nitrogen and oxygen atoms in total. The summed E-state index contributed by atoms with van der Waals surface area (Å²) in [4.78, 5) is 7.10. The average Bonchev–Trinajstić information content (AvgIpc) is 3.31. The van der Waals surface area contributed by atoms with Gasteiger partial charge in [0.2, 0.25) is 0 Å². The highest BCUT2D eigenvalue weighted by molar-refractivity contribution is 14.0. The van der Waals surface area contributed by atoms with E-state index in [9.17, 15) is 0 Å². The lowest BCUT2D eigenvalue weighted by molar-refractivity contribution is 0.0168. The Morgan fingerprint density at radius 1 is 1.16 bits per heavy atom. The second-order valence-corrected chi connectivity index (χ2v) is 7.67. The Morgan fingerprint density at radius 3 is 2.69 bits per heavy atom. The Kier molecular flexibility index (Phi) is 16.6. The van der Waals surface area contributed by atoms with Crippen molar-refractivity contribution < 1.29 is 14.2 Å². The van der Waals surface area contributed by atoms with Crippen molar-refractivity contribution in [1.29, 1.82) is 0 Å². The number of para-hydroxylation sites is 1. The minimum atomic E-state index is 0. The number of rotatable bonds is 15. The summed E-state index contributed by atoms with van der Waals surface area (Å²) in [5, 5.41) is 6.70. The van der Waals surface area contributed by atoms with E-state index in [0.29, 0.717) is 25.9 Å². The molecular weight excluding hydrogens is 519 g/mol. The van der Waals surface area contributed by atoms with Crippen molar-refractivity contribution in [2.24, 2.45) is 4.99 Å².